The highest BCUT2D eigenvalue weighted by Crippen LogP contribution is 2.39. The third kappa shape index (κ3) is 4.90. The number of carbonyl (C=O) groups is 1. The van der Waals surface area contributed by atoms with Crippen molar-refractivity contribution >= 4 is 5.91 Å². The lowest BCUT2D eigenvalue weighted by atomic mass is 9.98. The number of nitrogens with zero attached hydrogens (tertiary/aromatic N) is 5. The van der Waals surface area contributed by atoms with Gasteiger partial charge in [0.15, 0.2) is 0 Å². The zero-order valence-corrected chi connectivity index (χ0v) is 20.9. The summed E-state index contributed by atoms with van der Waals surface area (Å²) in [6, 6.07) is 15.5. The number of β-amino-alcohol motifs (C(OH)–C–C–N with tert-alkyl or cyclic N) is 1. The second-order valence-electron chi connectivity index (χ2n) is 9.80. The minimum Gasteiger partial charge on any atom is -0.489 e. The van der Waals surface area contributed by atoms with E-state index in [9.17, 15) is 15.0 Å². The average molecular weight is 512 g/mol. The normalized spacial score (nSPS) is 15.8. The molecule has 1 aliphatic heterocycles. The van der Waals surface area contributed by atoms with E-state index in [1.165, 1.54) is 12.8 Å². The maximum absolute atomic E-state index is 13.5. The maximum atomic E-state index is 13.5. The van der Waals surface area contributed by atoms with Crippen LogP contribution in [-0.2, 0) is 13.2 Å². The highest BCUT2D eigenvalue weighted by atomic mass is 16.5. The van der Waals surface area contributed by atoms with E-state index in [0.717, 1.165) is 27.9 Å². The van der Waals surface area contributed by atoms with Gasteiger partial charge in [-0.15, -0.1) is 0 Å². The Balaban J connectivity index is 1.28. The number of amides is 1. The molecule has 194 valence electrons. The van der Waals surface area contributed by atoms with E-state index in [1.807, 2.05) is 42.6 Å². The molecule has 1 aliphatic carbocycles. The summed E-state index contributed by atoms with van der Waals surface area (Å²) < 4.78 is 7.74. The Hall–Kier alpha value is -4.08. The molecule has 2 N–H and O–H groups in total. The smallest absolute Gasteiger partial charge is 0.272 e. The predicted molar refractivity (Wildman–Crippen MR) is 140 cm³/mol. The molecule has 3 aromatic heterocycles. The number of benzene rings is 1. The first kappa shape index (κ1) is 24.3. The van der Waals surface area contributed by atoms with Gasteiger partial charge in [0.1, 0.15) is 23.7 Å². The molecule has 4 heterocycles. The van der Waals surface area contributed by atoms with E-state index in [4.69, 9.17) is 9.84 Å². The van der Waals surface area contributed by atoms with Crippen molar-refractivity contribution in [1.29, 1.82) is 0 Å². The molecule has 1 fully saturated rings. The van der Waals surface area contributed by atoms with Crippen molar-refractivity contribution in [1.82, 2.24) is 24.6 Å². The van der Waals surface area contributed by atoms with Crippen LogP contribution in [0.1, 0.15) is 40.5 Å². The first-order valence-corrected chi connectivity index (χ1v) is 12.9. The predicted octanol–water partition coefficient (Wildman–Crippen LogP) is 3.27. The van der Waals surface area contributed by atoms with E-state index >= 15 is 0 Å². The van der Waals surface area contributed by atoms with Crippen molar-refractivity contribution in [3.63, 3.8) is 0 Å². The summed E-state index contributed by atoms with van der Waals surface area (Å²) in [4.78, 5) is 23.8. The SMILES string of the molecule is O=C1c2c(-c3ccc(OCc4ccc(C5CC5)nc4)cc3)c(-c3ccncc3)nn2CCN1CC(O)CO. The minimum atomic E-state index is -0.993. The highest BCUT2D eigenvalue weighted by molar-refractivity contribution is 6.03. The fourth-order valence-electron chi connectivity index (χ4n) is 4.81. The van der Waals surface area contributed by atoms with Crippen LogP contribution in [0.2, 0.25) is 0 Å². The number of rotatable bonds is 9. The molecule has 9 nitrogen and oxygen atoms in total. The summed E-state index contributed by atoms with van der Waals surface area (Å²) in [6.07, 6.45) is 6.75. The number of aliphatic hydroxyl groups excluding tert-OH is 2. The lowest BCUT2D eigenvalue weighted by Crippen LogP contribution is -2.45. The van der Waals surface area contributed by atoms with Gasteiger partial charge in [0.25, 0.3) is 5.91 Å². The van der Waals surface area contributed by atoms with Crippen molar-refractivity contribution in [2.45, 2.75) is 38.0 Å². The summed E-state index contributed by atoms with van der Waals surface area (Å²) in [5.41, 5.74) is 5.73. The van der Waals surface area contributed by atoms with E-state index in [0.29, 0.717) is 42.8 Å². The number of aromatic nitrogens is 4. The van der Waals surface area contributed by atoms with Crippen LogP contribution >= 0.6 is 0 Å². The monoisotopic (exact) mass is 511 g/mol. The summed E-state index contributed by atoms with van der Waals surface area (Å²) in [7, 11) is 0. The molecule has 0 saturated heterocycles. The van der Waals surface area contributed by atoms with Gasteiger partial charge < -0.3 is 19.8 Å². The van der Waals surface area contributed by atoms with Crippen LogP contribution in [0.15, 0.2) is 67.1 Å². The number of ether oxygens (including phenoxy) is 1. The van der Waals surface area contributed by atoms with E-state index in [-0.39, 0.29) is 12.5 Å². The Kier molecular flexibility index (Phi) is 6.61. The molecule has 0 spiro atoms. The van der Waals surface area contributed by atoms with Crippen molar-refractivity contribution in [2.24, 2.45) is 0 Å². The quantitative estimate of drug-likeness (QED) is 0.355. The number of hydrogen-bond acceptors (Lipinski definition) is 7. The van der Waals surface area contributed by atoms with Crippen LogP contribution in [0.25, 0.3) is 22.4 Å². The lowest BCUT2D eigenvalue weighted by Gasteiger charge is -2.29. The Morgan fingerprint density at radius 2 is 1.79 bits per heavy atom. The zero-order chi connectivity index (χ0) is 26.1. The van der Waals surface area contributed by atoms with E-state index < -0.39 is 12.7 Å². The van der Waals surface area contributed by atoms with Crippen molar-refractivity contribution in [3.05, 3.63) is 84.1 Å². The molecule has 1 aromatic carbocycles. The van der Waals surface area contributed by atoms with Crippen LogP contribution in [0.4, 0.5) is 0 Å². The van der Waals surface area contributed by atoms with Gasteiger partial charge in [-0.2, -0.15) is 5.10 Å². The topological polar surface area (TPSA) is 114 Å². The summed E-state index contributed by atoms with van der Waals surface area (Å²) in [5.74, 6) is 1.11. The number of hydrogen-bond donors (Lipinski definition) is 2. The second kappa shape index (κ2) is 10.4. The Morgan fingerprint density at radius 3 is 2.47 bits per heavy atom. The number of carbonyl (C=O) groups excluding carboxylic acids is 1. The van der Waals surface area contributed by atoms with Gasteiger partial charge in [0.05, 0.1) is 19.3 Å². The fourth-order valence-corrected chi connectivity index (χ4v) is 4.81. The lowest BCUT2D eigenvalue weighted by molar-refractivity contribution is 0.0406. The number of pyridine rings is 2. The first-order valence-electron chi connectivity index (χ1n) is 12.9. The third-order valence-electron chi connectivity index (χ3n) is 7.01. The highest BCUT2D eigenvalue weighted by Gasteiger charge is 2.33. The average Bonchev–Trinajstić information content (AvgIpc) is 3.74. The van der Waals surface area contributed by atoms with Crippen LogP contribution < -0.4 is 4.74 Å². The Bertz CT molecular complexity index is 1420. The molecule has 1 unspecified atom stereocenters. The van der Waals surface area contributed by atoms with Gasteiger partial charge in [0.2, 0.25) is 0 Å². The van der Waals surface area contributed by atoms with Gasteiger partial charge in [-0.1, -0.05) is 18.2 Å². The van der Waals surface area contributed by atoms with Crippen molar-refractivity contribution < 1.29 is 19.7 Å². The first-order chi connectivity index (χ1) is 18.6. The second-order valence-corrected chi connectivity index (χ2v) is 9.80. The van der Waals surface area contributed by atoms with E-state index in [2.05, 4.69) is 22.1 Å². The molecule has 9 heteroatoms. The van der Waals surface area contributed by atoms with E-state index in [1.54, 1.807) is 22.0 Å². The van der Waals surface area contributed by atoms with Gasteiger partial charge >= 0.3 is 0 Å². The molecule has 4 aromatic rings. The Morgan fingerprint density at radius 1 is 1.00 bits per heavy atom. The molecule has 2 aliphatic rings. The van der Waals surface area contributed by atoms with Crippen LogP contribution in [0.3, 0.4) is 0 Å². The van der Waals surface area contributed by atoms with Crippen molar-refractivity contribution in [2.75, 3.05) is 19.7 Å². The molecule has 0 radical (unpaired) electrons. The van der Waals surface area contributed by atoms with Gasteiger partial charge in [-0.3, -0.25) is 19.4 Å². The molecular weight excluding hydrogens is 482 g/mol. The summed E-state index contributed by atoms with van der Waals surface area (Å²) >= 11 is 0. The maximum Gasteiger partial charge on any atom is 0.272 e. The molecule has 0 bridgehead atoms. The van der Waals surface area contributed by atoms with Gasteiger partial charge in [-0.05, 0) is 48.7 Å². The summed E-state index contributed by atoms with van der Waals surface area (Å²) in [6.45, 7) is 0.979. The molecule has 1 atom stereocenters. The standard InChI is InChI=1S/C29H29N5O4/c35-17-23(36)16-33-13-14-34-28(29(33)37)26(27(32-34)22-9-11-30-12-10-22)21-4-6-24(7-5-21)38-18-19-1-8-25(31-15-19)20-2-3-20/h1,4-12,15,20,23,35-36H,2-3,13-14,16-18H2. The van der Waals surface area contributed by atoms with Crippen LogP contribution in [0, 0.1) is 0 Å². The zero-order valence-electron chi connectivity index (χ0n) is 20.9. The number of fused-ring (bicyclic) bond motifs is 1. The molecule has 1 saturated carbocycles. The van der Waals surface area contributed by atoms with Crippen LogP contribution in [0.5, 0.6) is 5.75 Å². The molecule has 38 heavy (non-hydrogen) atoms. The molecule has 1 amide bonds. The van der Waals surface area contributed by atoms with Crippen molar-refractivity contribution in [3.8, 4) is 28.1 Å². The molecular formula is C29H29N5O4. The van der Waals surface area contributed by atoms with Gasteiger partial charge in [0, 0.05) is 60.0 Å². The van der Waals surface area contributed by atoms with Gasteiger partial charge in [-0.25, -0.2) is 0 Å². The third-order valence-corrected chi connectivity index (χ3v) is 7.01. The minimum absolute atomic E-state index is 0.0633. The summed E-state index contributed by atoms with van der Waals surface area (Å²) in [5, 5.41) is 24.0. The van der Waals surface area contributed by atoms with Crippen LogP contribution in [-0.4, -0.2) is 66.6 Å². The molecule has 6 rings (SSSR count). The largest absolute Gasteiger partial charge is 0.489 e. The number of aliphatic hydroxyl groups is 2. The fraction of sp³-hybridized carbons (Fsp3) is 0.310. The Labute approximate surface area is 220 Å².